The summed E-state index contributed by atoms with van der Waals surface area (Å²) in [6, 6.07) is 9.39. The predicted octanol–water partition coefficient (Wildman–Crippen LogP) is 4.03. The van der Waals surface area contributed by atoms with Crippen LogP contribution in [-0.2, 0) is 11.2 Å². The molecule has 0 aliphatic heterocycles. The Labute approximate surface area is 187 Å². The smallest absolute Gasteiger partial charge is 0.340 e. The highest BCUT2D eigenvalue weighted by Gasteiger charge is 2.24. The maximum Gasteiger partial charge on any atom is 0.340 e. The molecule has 1 unspecified atom stereocenters. The second-order valence-corrected chi connectivity index (χ2v) is 7.79. The molecule has 7 nitrogen and oxygen atoms in total. The molecule has 1 atom stereocenters. The number of aryl methyl sites for hydroxylation is 3. The number of benzene rings is 2. The van der Waals surface area contributed by atoms with E-state index in [0.717, 1.165) is 22.1 Å². The van der Waals surface area contributed by atoms with Crippen LogP contribution in [0.3, 0.4) is 0 Å². The Bertz CT molecular complexity index is 1200. The third-order valence-electron chi connectivity index (χ3n) is 5.88. The van der Waals surface area contributed by atoms with Crippen LogP contribution in [0.2, 0.25) is 0 Å². The van der Waals surface area contributed by atoms with Gasteiger partial charge in [-0.05, 0) is 62.1 Å². The Morgan fingerprint density at radius 1 is 0.969 bits per heavy atom. The summed E-state index contributed by atoms with van der Waals surface area (Å²) in [7, 11) is 4.74. The topological polar surface area (TPSA) is 101 Å². The SMILES string of the molecule is COc1ccc(CCC(CC(N)=O)c2c(C)c3ccc(OC)c(C)c3oc2=O)cc1OC. The van der Waals surface area contributed by atoms with Crippen LogP contribution < -0.4 is 25.6 Å². The minimum absolute atomic E-state index is 0.0551. The maximum absolute atomic E-state index is 13.0. The number of fused-ring (bicyclic) bond motifs is 1. The van der Waals surface area contributed by atoms with Crippen molar-refractivity contribution in [2.45, 2.75) is 39.0 Å². The molecule has 0 saturated carbocycles. The fraction of sp³-hybridized carbons (Fsp3) is 0.360. The van der Waals surface area contributed by atoms with Gasteiger partial charge in [-0.15, -0.1) is 0 Å². The van der Waals surface area contributed by atoms with E-state index < -0.39 is 11.5 Å². The first-order valence-electron chi connectivity index (χ1n) is 10.4. The van der Waals surface area contributed by atoms with Gasteiger partial charge in [0.2, 0.25) is 5.91 Å². The van der Waals surface area contributed by atoms with Gasteiger partial charge in [-0.25, -0.2) is 4.79 Å². The number of methoxy groups -OCH3 is 3. The number of carbonyl (C=O) groups excluding carboxylic acids is 1. The molecule has 0 aliphatic carbocycles. The average Bonchev–Trinajstić information content (AvgIpc) is 2.77. The van der Waals surface area contributed by atoms with Gasteiger partial charge < -0.3 is 24.4 Å². The quantitative estimate of drug-likeness (QED) is 0.505. The van der Waals surface area contributed by atoms with Gasteiger partial charge in [-0.2, -0.15) is 0 Å². The predicted molar refractivity (Wildman–Crippen MR) is 123 cm³/mol. The van der Waals surface area contributed by atoms with E-state index in [-0.39, 0.29) is 12.3 Å². The molecule has 170 valence electrons. The standard InChI is InChI=1S/C25H29NO6/c1-14-18-9-11-19(29-3)15(2)24(18)32-25(28)23(14)17(13-22(26)27)8-6-16-7-10-20(30-4)21(12-16)31-5/h7,9-12,17H,6,8,13H2,1-5H3,(H2,26,27). The highest BCUT2D eigenvalue weighted by molar-refractivity contribution is 5.86. The van der Waals surface area contributed by atoms with Crippen LogP contribution in [0, 0.1) is 13.8 Å². The van der Waals surface area contributed by atoms with Gasteiger partial charge in [0.05, 0.1) is 21.3 Å². The van der Waals surface area contributed by atoms with Crippen molar-refractivity contribution in [1.82, 2.24) is 0 Å². The van der Waals surface area contributed by atoms with E-state index in [2.05, 4.69) is 0 Å². The van der Waals surface area contributed by atoms with Crippen molar-refractivity contribution in [3.63, 3.8) is 0 Å². The summed E-state index contributed by atoms with van der Waals surface area (Å²) in [5, 5.41) is 0.818. The van der Waals surface area contributed by atoms with E-state index in [9.17, 15) is 9.59 Å². The monoisotopic (exact) mass is 439 g/mol. The molecule has 1 heterocycles. The van der Waals surface area contributed by atoms with Crippen molar-refractivity contribution in [2.24, 2.45) is 5.73 Å². The van der Waals surface area contributed by atoms with Crippen molar-refractivity contribution in [3.05, 3.63) is 63.0 Å². The Kier molecular flexibility index (Phi) is 7.08. The van der Waals surface area contributed by atoms with Gasteiger partial charge >= 0.3 is 5.63 Å². The van der Waals surface area contributed by atoms with E-state index in [1.165, 1.54) is 0 Å². The lowest BCUT2D eigenvalue weighted by molar-refractivity contribution is -0.118. The Morgan fingerprint density at radius 2 is 1.62 bits per heavy atom. The molecule has 0 fully saturated rings. The lowest BCUT2D eigenvalue weighted by Gasteiger charge is -2.19. The number of nitrogens with two attached hydrogens (primary N) is 1. The minimum atomic E-state index is -0.466. The largest absolute Gasteiger partial charge is 0.496 e. The van der Waals surface area contributed by atoms with Crippen LogP contribution in [0.25, 0.3) is 11.0 Å². The van der Waals surface area contributed by atoms with Crippen LogP contribution in [0.5, 0.6) is 17.2 Å². The van der Waals surface area contributed by atoms with Crippen molar-refractivity contribution < 1.29 is 23.4 Å². The van der Waals surface area contributed by atoms with Gasteiger partial charge in [0.1, 0.15) is 11.3 Å². The summed E-state index contributed by atoms with van der Waals surface area (Å²) in [6.45, 7) is 3.73. The Morgan fingerprint density at radius 3 is 2.25 bits per heavy atom. The lowest BCUT2D eigenvalue weighted by Crippen LogP contribution is -2.22. The first-order valence-corrected chi connectivity index (χ1v) is 10.4. The van der Waals surface area contributed by atoms with E-state index in [1.54, 1.807) is 21.3 Å². The minimum Gasteiger partial charge on any atom is -0.496 e. The molecular weight excluding hydrogens is 410 g/mol. The number of carbonyl (C=O) groups is 1. The first-order chi connectivity index (χ1) is 15.3. The molecular formula is C25H29NO6. The zero-order valence-corrected chi connectivity index (χ0v) is 19.1. The summed E-state index contributed by atoms with van der Waals surface area (Å²) in [4.78, 5) is 24.9. The van der Waals surface area contributed by atoms with Gasteiger partial charge in [0, 0.05) is 28.9 Å². The summed E-state index contributed by atoms with van der Waals surface area (Å²) < 4.78 is 21.7. The summed E-state index contributed by atoms with van der Waals surface area (Å²) in [5.41, 5.74) is 8.61. The van der Waals surface area contributed by atoms with Gasteiger partial charge in [-0.1, -0.05) is 6.07 Å². The molecule has 0 spiro atoms. The fourth-order valence-corrected chi connectivity index (χ4v) is 4.21. The molecule has 3 rings (SSSR count). The fourth-order valence-electron chi connectivity index (χ4n) is 4.21. The van der Waals surface area contributed by atoms with Crippen molar-refractivity contribution >= 4 is 16.9 Å². The molecule has 2 N–H and O–H groups in total. The maximum atomic E-state index is 13.0. The van der Waals surface area contributed by atoms with Gasteiger partial charge in [0.25, 0.3) is 0 Å². The van der Waals surface area contributed by atoms with E-state index in [1.807, 2.05) is 44.2 Å². The third-order valence-corrected chi connectivity index (χ3v) is 5.88. The van der Waals surface area contributed by atoms with Crippen molar-refractivity contribution in [1.29, 1.82) is 0 Å². The zero-order valence-electron chi connectivity index (χ0n) is 19.1. The first kappa shape index (κ1) is 23.2. The van der Waals surface area contributed by atoms with Crippen LogP contribution in [-0.4, -0.2) is 27.2 Å². The van der Waals surface area contributed by atoms with Gasteiger partial charge in [0.15, 0.2) is 11.5 Å². The number of hydrogen-bond acceptors (Lipinski definition) is 6. The molecule has 0 saturated heterocycles. The second kappa shape index (κ2) is 9.77. The molecule has 0 radical (unpaired) electrons. The van der Waals surface area contributed by atoms with Crippen LogP contribution >= 0.6 is 0 Å². The normalized spacial score (nSPS) is 11.9. The molecule has 32 heavy (non-hydrogen) atoms. The van der Waals surface area contributed by atoms with Crippen molar-refractivity contribution in [2.75, 3.05) is 21.3 Å². The summed E-state index contributed by atoms with van der Waals surface area (Å²) >= 11 is 0. The van der Waals surface area contributed by atoms with E-state index in [0.29, 0.717) is 41.2 Å². The highest BCUT2D eigenvalue weighted by atomic mass is 16.5. The van der Waals surface area contributed by atoms with Crippen molar-refractivity contribution in [3.8, 4) is 17.2 Å². The molecule has 2 aromatic carbocycles. The Hall–Kier alpha value is -3.48. The lowest BCUT2D eigenvalue weighted by atomic mass is 9.86. The molecule has 1 amide bonds. The number of hydrogen-bond donors (Lipinski definition) is 1. The molecule has 0 bridgehead atoms. The molecule has 3 aromatic rings. The summed E-state index contributed by atoms with van der Waals surface area (Å²) in [5.74, 6) is 1.08. The van der Waals surface area contributed by atoms with E-state index in [4.69, 9.17) is 24.4 Å². The third kappa shape index (κ3) is 4.56. The number of ether oxygens (including phenoxy) is 3. The van der Waals surface area contributed by atoms with Crippen LogP contribution in [0.1, 0.15) is 41.0 Å². The highest BCUT2D eigenvalue weighted by Crippen LogP contribution is 2.34. The molecule has 1 aromatic heterocycles. The zero-order chi connectivity index (χ0) is 23.4. The number of rotatable bonds is 9. The molecule has 0 aliphatic rings. The van der Waals surface area contributed by atoms with E-state index >= 15 is 0 Å². The second-order valence-electron chi connectivity index (χ2n) is 7.79. The average molecular weight is 440 g/mol. The van der Waals surface area contributed by atoms with Crippen LogP contribution in [0.4, 0.5) is 0 Å². The molecule has 7 heteroatoms. The number of primary amides is 1. The summed E-state index contributed by atoms with van der Waals surface area (Å²) in [6.07, 6.45) is 1.22. The van der Waals surface area contributed by atoms with Crippen LogP contribution in [0.15, 0.2) is 39.5 Å². The van der Waals surface area contributed by atoms with Gasteiger partial charge in [-0.3, -0.25) is 4.79 Å². The number of amides is 1. The Balaban J connectivity index is 2.01.